The van der Waals surface area contributed by atoms with Crippen molar-refractivity contribution >= 4 is 11.9 Å². The molecule has 0 saturated carbocycles. The van der Waals surface area contributed by atoms with Gasteiger partial charge in [-0.2, -0.15) is 0 Å². The molecule has 1 unspecified atom stereocenters. The second-order valence-corrected chi connectivity index (χ2v) is 9.44. The van der Waals surface area contributed by atoms with E-state index in [1.54, 1.807) is 0 Å². The molecule has 1 aliphatic heterocycles. The van der Waals surface area contributed by atoms with Gasteiger partial charge >= 0.3 is 5.97 Å². The number of amides is 1. The van der Waals surface area contributed by atoms with E-state index < -0.39 is 0 Å². The first-order valence-electron chi connectivity index (χ1n) is 9.83. The van der Waals surface area contributed by atoms with Crippen molar-refractivity contribution in [2.75, 3.05) is 6.54 Å². The summed E-state index contributed by atoms with van der Waals surface area (Å²) in [5.41, 5.74) is -0.571. The first kappa shape index (κ1) is 22.0. The Balaban J connectivity index is 3.08. The fraction of sp³-hybridized carbons (Fsp3) is 0.905. The van der Waals surface area contributed by atoms with Crippen molar-refractivity contribution in [1.29, 1.82) is 0 Å². The molecule has 25 heavy (non-hydrogen) atoms. The van der Waals surface area contributed by atoms with Crippen molar-refractivity contribution in [3.63, 3.8) is 0 Å². The van der Waals surface area contributed by atoms with Crippen LogP contribution in [0.5, 0.6) is 0 Å². The number of carbonyl (C=O) groups is 2. The molecule has 0 aromatic rings. The van der Waals surface area contributed by atoms with Crippen LogP contribution in [-0.4, -0.2) is 35.0 Å². The van der Waals surface area contributed by atoms with Gasteiger partial charge in [0.2, 0.25) is 5.91 Å². The first-order valence-corrected chi connectivity index (χ1v) is 9.83. The predicted octanol–water partition coefficient (Wildman–Crippen LogP) is 4.95. The second-order valence-electron chi connectivity index (χ2n) is 9.44. The zero-order valence-electron chi connectivity index (χ0n) is 17.7. The molecule has 1 heterocycles. The lowest BCUT2D eigenvalue weighted by Crippen LogP contribution is -2.57. The largest absolute Gasteiger partial charge is 0.462 e. The summed E-state index contributed by atoms with van der Waals surface area (Å²) >= 11 is 0. The zero-order chi connectivity index (χ0) is 19.5. The van der Waals surface area contributed by atoms with Crippen LogP contribution in [0.25, 0.3) is 0 Å². The minimum Gasteiger partial charge on any atom is -0.462 e. The van der Waals surface area contributed by atoms with Crippen LogP contribution in [0.1, 0.15) is 93.9 Å². The minimum atomic E-state index is -0.295. The fourth-order valence-corrected chi connectivity index (χ4v) is 3.56. The van der Waals surface area contributed by atoms with Crippen molar-refractivity contribution in [2.24, 2.45) is 10.8 Å². The second kappa shape index (κ2) is 8.09. The van der Waals surface area contributed by atoms with Gasteiger partial charge in [-0.05, 0) is 44.9 Å². The third-order valence-electron chi connectivity index (χ3n) is 6.69. The third kappa shape index (κ3) is 5.21. The van der Waals surface area contributed by atoms with E-state index in [2.05, 4.69) is 53.4 Å². The van der Waals surface area contributed by atoms with E-state index in [1.165, 1.54) is 6.92 Å². The van der Waals surface area contributed by atoms with Crippen molar-refractivity contribution in [1.82, 2.24) is 4.90 Å². The number of hydrogen-bond acceptors (Lipinski definition) is 3. The Morgan fingerprint density at radius 3 is 2.24 bits per heavy atom. The van der Waals surface area contributed by atoms with E-state index in [-0.39, 0.29) is 34.3 Å². The van der Waals surface area contributed by atoms with Crippen LogP contribution in [0.15, 0.2) is 0 Å². The maximum Gasteiger partial charge on any atom is 0.302 e. The molecule has 0 aliphatic carbocycles. The maximum absolute atomic E-state index is 12.7. The fourth-order valence-electron chi connectivity index (χ4n) is 3.56. The molecule has 4 heteroatoms. The van der Waals surface area contributed by atoms with Gasteiger partial charge in [-0.25, -0.2) is 0 Å². The zero-order valence-corrected chi connectivity index (χ0v) is 17.7. The summed E-state index contributed by atoms with van der Waals surface area (Å²) in [4.78, 5) is 26.4. The summed E-state index contributed by atoms with van der Waals surface area (Å²) in [6.07, 6.45) is 5.34. The molecular formula is C21H39NO3. The lowest BCUT2D eigenvalue weighted by Gasteiger charge is -2.51. The Morgan fingerprint density at radius 2 is 1.72 bits per heavy atom. The number of likely N-dealkylation sites (tertiary alicyclic amines) is 1. The Labute approximate surface area is 154 Å². The number of nitrogens with zero attached hydrogens (tertiary/aromatic N) is 1. The van der Waals surface area contributed by atoms with Gasteiger partial charge in [-0.3, -0.25) is 9.59 Å². The SMILES string of the molecule is CCC(C)(C)C(CC(C)(C)C(C)(C)N1CCCCCC1=O)OC(C)=O. The Morgan fingerprint density at radius 1 is 1.12 bits per heavy atom. The Hall–Kier alpha value is -1.06. The highest BCUT2D eigenvalue weighted by atomic mass is 16.5. The van der Waals surface area contributed by atoms with Crippen LogP contribution in [0.4, 0.5) is 0 Å². The van der Waals surface area contributed by atoms with Crippen molar-refractivity contribution < 1.29 is 14.3 Å². The molecule has 0 aromatic heterocycles. The lowest BCUT2D eigenvalue weighted by atomic mass is 9.66. The molecule has 1 rings (SSSR count). The molecule has 1 atom stereocenters. The van der Waals surface area contributed by atoms with E-state index in [4.69, 9.17) is 4.74 Å². The van der Waals surface area contributed by atoms with Crippen LogP contribution >= 0.6 is 0 Å². The Bertz CT molecular complexity index is 480. The summed E-state index contributed by atoms with van der Waals surface area (Å²) in [6.45, 7) is 17.5. The van der Waals surface area contributed by atoms with E-state index in [0.29, 0.717) is 6.42 Å². The van der Waals surface area contributed by atoms with Crippen LogP contribution in [0.3, 0.4) is 0 Å². The van der Waals surface area contributed by atoms with Gasteiger partial charge in [0, 0.05) is 30.8 Å². The first-order chi connectivity index (χ1) is 11.3. The van der Waals surface area contributed by atoms with E-state index in [1.807, 2.05) is 0 Å². The highest BCUT2D eigenvalue weighted by Crippen LogP contribution is 2.44. The summed E-state index contributed by atoms with van der Waals surface area (Å²) in [5, 5.41) is 0. The highest BCUT2D eigenvalue weighted by molar-refractivity contribution is 5.77. The molecule has 0 aromatic carbocycles. The highest BCUT2D eigenvalue weighted by Gasteiger charge is 2.47. The van der Waals surface area contributed by atoms with Crippen molar-refractivity contribution in [2.45, 2.75) is 106 Å². The van der Waals surface area contributed by atoms with Crippen LogP contribution in [0.2, 0.25) is 0 Å². The molecule has 0 N–H and O–H groups in total. The van der Waals surface area contributed by atoms with Crippen molar-refractivity contribution in [3.8, 4) is 0 Å². The van der Waals surface area contributed by atoms with Crippen LogP contribution in [0, 0.1) is 10.8 Å². The number of ether oxygens (including phenoxy) is 1. The summed E-state index contributed by atoms with van der Waals surface area (Å²) in [7, 11) is 0. The van der Waals surface area contributed by atoms with Crippen LogP contribution in [-0.2, 0) is 14.3 Å². The topological polar surface area (TPSA) is 46.6 Å². The van der Waals surface area contributed by atoms with Gasteiger partial charge in [-0.15, -0.1) is 0 Å². The number of hydrogen-bond donors (Lipinski definition) is 0. The maximum atomic E-state index is 12.7. The predicted molar refractivity (Wildman–Crippen MR) is 102 cm³/mol. The molecule has 1 fully saturated rings. The average Bonchev–Trinajstić information content (AvgIpc) is 2.70. The molecule has 1 amide bonds. The Kier molecular flexibility index (Phi) is 7.12. The lowest BCUT2D eigenvalue weighted by molar-refractivity contribution is -0.160. The third-order valence-corrected chi connectivity index (χ3v) is 6.69. The number of carbonyl (C=O) groups excluding carboxylic acids is 2. The molecule has 0 spiro atoms. The molecule has 146 valence electrons. The van der Waals surface area contributed by atoms with Crippen molar-refractivity contribution in [3.05, 3.63) is 0 Å². The molecule has 1 aliphatic rings. The van der Waals surface area contributed by atoms with Gasteiger partial charge in [0.25, 0.3) is 0 Å². The number of rotatable bonds is 7. The van der Waals surface area contributed by atoms with E-state index >= 15 is 0 Å². The normalized spacial score (nSPS) is 18.7. The average molecular weight is 354 g/mol. The summed E-state index contributed by atoms with van der Waals surface area (Å²) < 4.78 is 5.73. The van der Waals surface area contributed by atoms with Gasteiger partial charge in [0.15, 0.2) is 0 Å². The molecule has 0 radical (unpaired) electrons. The van der Waals surface area contributed by atoms with Gasteiger partial charge in [0.05, 0.1) is 0 Å². The summed E-state index contributed by atoms with van der Waals surface area (Å²) in [6, 6.07) is 0. The molecule has 4 nitrogen and oxygen atoms in total. The van der Waals surface area contributed by atoms with Crippen LogP contribution < -0.4 is 0 Å². The minimum absolute atomic E-state index is 0.0954. The molecule has 1 saturated heterocycles. The molecular weight excluding hydrogens is 314 g/mol. The van der Waals surface area contributed by atoms with Gasteiger partial charge in [-0.1, -0.05) is 41.0 Å². The molecule has 0 bridgehead atoms. The number of esters is 1. The van der Waals surface area contributed by atoms with Gasteiger partial charge in [0.1, 0.15) is 6.10 Å². The summed E-state index contributed by atoms with van der Waals surface area (Å²) in [5.74, 6) is 0.0281. The van der Waals surface area contributed by atoms with E-state index in [9.17, 15) is 9.59 Å². The monoisotopic (exact) mass is 353 g/mol. The smallest absolute Gasteiger partial charge is 0.302 e. The van der Waals surface area contributed by atoms with E-state index in [0.717, 1.165) is 38.6 Å². The quantitative estimate of drug-likeness (QED) is 0.608. The standard InChI is InChI=1S/C21H39NO3/c1-9-19(3,4)17(25-16(2)23)15-20(5,6)21(7,8)22-14-12-10-11-13-18(22)24/h17H,9-15H2,1-8H3. The van der Waals surface area contributed by atoms with Gasteiger partial charge < -0.3 is 9.64 Å².